The Morgan fingerprint density at radius 3 is 1.64 bits per heavy atom. The van der Waals surface area contributed by atoms with Gasteiger partial charge in [-0.05, 0) is 19.3 Å². The SMILES string of the molecule is [Br-].[CH2-]CCCCC(OCCCCCC)OCCCCCC.[Mg+2]. The van der Waals surface area contributed by atoms with E-state index in [1.807, 2.05) is 0 Å². The molecule has 0 saturated heterocycles. The van der Waals surface area contributed by atoms with Gasteiger partial charge in [0.25, 0.3) is 0 Å². The molecule has 0 radical (unpaired) electrons. The van der Waals surface area contributed by atoms with Crippen molar-refractivity contribution in [3.8, 4) is 0 Å². The molecule has 0 atom stereocenters. The Morgan fingerprint density at radius 1 is 0.727 bits per heavy atom. The maximum Gasteiger partial charge on any atom is 2.00 e. The van der Waals surface area contributed by atoms with Crippen LogP contribution in [0.1, 0.15) is 90.9 Å². The summed E-state index contributed by atoms with van der Waals surface area (Å²) in [6, 6.07) is 0. The van der Waals surface area contributed by atoms with Gasteiger partial charge in [0.15, 0.2) is 6.29 Å². The molecule has 22 heavy (non-hydrogen) atoms. The number of unbranched alkanes of at least 4 members (excludes halogenated alkanes) is 8. The summed E-state index contributed by atoms with van der Waals surface area (Å²) in [7, 11) is 0. The summed E-state index contributed by atoms with van der Waals surface area (Å²) < 4.78 is 11.8. The topological polar surface area (TPSA) is 18.5 Å². The van der Waals surface area contributed by atoms with Gasteiger partial charge in [0.05, 0.1) is 0 Å². The molecule has 0 spiro atoms. The molecule has 0 heterocycles. The van der Waals surface area contributed by atoms with E-state index >= 15 is 0 Å². The molecule has 0 bridgehead atoms. The summed E-state index contributed by atoms with van der Waals surface area (Å²) in [5.41, 5.74) is 0. The summed E-state index contributed by atoms with van der Waals surface area (Å²) >= 11 is 0. The summed E-state index contributed by atoms with van der Waals surface area (Å²) in [5, 5.41) is 0. The van der Waals surface area contributed by atoms with E-state index in [1.54, 1.807) is 0 Å². The first-order chi connectivity index (χ1) is 9.85. The minimum absolute atomic E-state index is 0. The maximum absolute atomic E-state index is 5.90. The molecule has 0 aliphatic carbocycles. The first kappa shape index (κ1) is 28.0. The van der Waals surface area contributed by atoms with Crippen LogP contribution in [0.4, 0.5) is 0 Å². The first-order valence-corrected chi connectivity index (χ1v) is 8.87. The van der Waals surface area contributed by atoms with Crippen molar-refractivity contribution in [1.82, 2.24) is 0 Å². The van der Waals surface area contributed by atoms with Crippen LogP contribution in [-0.4, -0.2) is 42.6 Å². The fourth-order valence-corrected chi connectivity index (χ4v) is 2.19. The summed E-state index contributed by atoms with van der Waals surface area (Å²) in [5.74, 6) is 0. The molecule has 0 N–H and O–H groups in total. The minimum Gasteiger partial charge on any atom is -1.00 e. The van der Waals surface area contributed by atoms with E-state index in [0.29, 0.717) is 0 Å². The molecule has 0 aliphatic heterocycles. The van der Waals surface area contributed by atoms with Gasteiger partial charge < -0.3 is 33.4 Å². The number of rotatable bonds is 16. The smallest absolute Gasteiger partial charge is 1.00 e. The fraction of sp³-hybridized carbons (Fsp3) is 0.944. The van der Waals surface area contributed by atoms with Gasteiger partial charge in [0.1, 0.15) is 0 Å². The van der Waals surface area contributed by atoms with Crippen LogP contribution in [0.5, 0.6) is 0 Å². The molecule has 0 aromatic carbocycles. The number of ether oxygens (including phenoxy) is 2. The largest absolute Gasteiger partial charge is 2.00 e. The Bertz CT molecular complexity index is 168. The van der Waals surface area contributed by atoms with E-state index in [1.165, 1.54) is 57.8 Å². The van der Waals surface area contributed by atoms with E-state index in [4.69, 9.17) is 9.47 Å². The predicted octanol–water partition coefficient (Wildman–Crippen LogP) is 2.52. The van der Waals surface area contributed by atoms with E-state index in [2.05, 4.69) is 20.8 Å². The van der Waals surface area contributed by atoms with Crippen LogP contribution in [0.15, 0.2) is 0 Å². The van der Waals surface area contributed by atoms with Crippen molar-refractivity contribution in [2.75, 3.05) is 13.2 Å². The van der Waals surface area contributed by atoms with Gasteiger partial charge in [-0.3, -0.25) is 0 Å². The molecule has 0 aromatic rings. The second-order valence-corrected chi connectivity index (χ2v) is 5.64. The summed E-state index contributed by atoms with van der Waals surface area (Å²) in [6.07, 6.45) is 14.5. The van der Waals surface area contributed by atoms with Gasteiger partial charge in [-0.25, -0.2) is 0 Å². The quantitative estimate of drug-likeness (QED) is 0.175. The van der Waals surface area contributed by atoms with Crippen molar-refractivity contribution in [2.45, 2.75) is 97.2 Å². The second kappa shape index (κ2) is 24.4. The summed E-state index contributed by atoms with van der Waals surface area (Å²) in [4.78, 5) is 0. The van der Waals surface area contributed by atoms with Crippen LogP contribution < -0.4 is 17.0 Å². The van der Waals surface area contributed by atoms with Crippen molar-refractivity contribution in [3.63, 3.8) is 0 Å². The monoisotopic (exact) mass is 388 g/mol. The van der Waals surface area contributed by atoms with Crippen molar-refractivity contribution >= 4 is 23.1 Å². The fourth-order valence-electron chi connectivity index (χ4n) is 2.19. The molecular formula is C18H37BrMgO2. The third kappa shape index (κ3) is 21.2. The van der Waals surface area contributed by atoms with Crippen LogP contribution in [0.2, 0.25) is 0 Å². The molecule has 0 fully saturated rings. The molecule has 2 nitrogen and oxygen atoms in total. The minimum atomic E-state index is 0. The van der Waals surface area contributed by atoms with Crippen molar-refractivity contribution in [2.24, 2.45) is 0 Å². The van der Waals surface area contributed by atoms with Crippen LogP contribution >= 0.6 is 0 Å². The second-order valence-electron chi connectivity index (χ2n) is 5.64. The molecule has 0 saturated carbocycles. The van der Waals surface area contributed by atoms with Gasteiger partial charge in [-0.1, -0.05) is 65.2 Å². The van der Waals surface area contributed by atoms with E-state index < -0.39 is 0 Å². The van der Waals surface area contributed by atoms with Crippen LogP contribution in [0.3, 0.4) is 0 Å². The van der Waals surface area contributed by atoms with Gasteiger partial charge >= 0.3 is 23.1 Å². The Labute approximate surface area is 166 Å². The number of halogens is 1. The average Bonchev–Trinajstić information content (AvgIpc) is 2.46. The Hall–Kier alpha value is 1.17. The van der Waals surface area contributed by atoms with Gasteiger partial charge in [0.2, 0.25) is 0 Å². The van der Waals surface area contributed by atoms with Gasteiger partial charge in [-0.15, -0.1) is 0 Å². The van der Waals surface area contributed by atoms with Crippen molar-refractivity contribution < 1.29 is 26.5 Å². The van der Waals surface area contributed by atoms with E-state index in [-0.39, 0.29) is 46.3 Å². The van der Waals surface area contributed by atoms with E-state index in [9.17, 15) is 0 Å². The molecule has 0 rings (SSSR count). The summed E-state index contributed by atoms with van der Waals surface area (Å²) in [6.45, 7) is 10.1. The van der Waals surface area contributed by atoms with Crippen molar-refractivity contribution in [3.05, 3.63) is 6.92 Å². The van der Waals surface area contributed by atoms with Crippen LogP contribution in [0.25, 0.3) is 0 Å². The zero-order valence-electron chi connectivity index (χ0n) is 15.1. The molecule has 0 aromatic heterocycles. The first-order valence-electron chi connectivity index (χ1n) is 8.87. The average molecular weight is 390 g/mol. The van der Waals surface area contributed by atoms with Crippen LogP contribution in [-0.2, 0) is 9.47 Å². The number of hydrogen-bond donors (Lipinski definition) is 0. The van der Waals surface area contributed by atoms with Gasteiger partial charge in [0, 0.05) is 13.2 Å². The Morgan fingerprint density at radius 2 is 1.23 bits per heavy atom. The molecule has 130 valence electrons. The van der Waals surface area contributed by atoms with Gasteiger partial charge in [-0.2, -0.15) is 6.42 Å². The van der Waals surface area contributed by atoms with Crippen LogP contribution in [0, 0.1) is 6.92 Å². The molecule has 0 aliphatic rings. The molecule has 0 amide bonds. The standard InChI is InChI=1S/C18H37O2.BrH.Mg/c1-4-7-10-13-16-19-18(15-12-9-6-3)20-17-14-11-8-5-2;;/h18H,3-17H2,1-2H3;1H;/q-1;;+2/p-1. The van der Waals surface area contributed by atoms with Crippen molar-refractivity contribution in [1.29, 1.82) is 0 Å². The molecule has 4 heteroatoms. The number of hydrogen-bond acceptors (Lipinski definition) is 2. The third-order valence-electron chi connectivity index (χ3n) is 3.54. The molecule has 0 unspecified atom stereocenters. The predicted molar refractivity (Wildman–Crippen MR) is 93.6 cm³/mol. The zero-order valence-corrected chi connectivity index (χ0v) is 18.1. The Kier molecular flexibility index (Phi) is 31.1. The third-order valence-corrected chi connectivity index (χ3v) is 3.54. The maximum atomic E-state index is 5.90. The zero-order chi connectivity index (χ0) is 14.9. The normalized spacial score (nSPS) is 10.4. The van der Waals surface area contributed by atoms with E-state index in [0.717, 1.165) is 32.5 Å². The Balaban J connectivity index is -0.00000180. The molecular weight excluding hydrogens is 352 g/mol.